The highest BCUT2D eigenvalue weighted by molar-refractivity contribution is 6.54. The lowest BCUT2D eigenvalue weighted by Gasteiger charge is -2.13. The number of aromatic carboxylic acids is 1. The summed E-state index contributed by atoms with van der Waals surface area (Å²) in [5.74, 6) is -1.19. The smallest absolute Gasteiger partial charge is 0.339 e. The number of benzene rings is 1. The van der Waals surface area contributed by atoms with E-state index in [1.807, 2.05) is 14.2 Å². The molecule has 1 aromatic rings. The Morgan fingerprint density at radius 2 is 2.21 bits per heavy atom. The summed E-state index contributed by atoms with van der Waals surface area (Å²) in [7, 11) is 2.05. The average Bonchev–Trinajstić information content (AvgIpc) is 2.84. The van der Waals surface area contributed by atoms with E-state index in [2.05, 4.69) is 0 Å². The molecule has 71 valence electrons. The summed E-state index contributed by atoms with van der Waals surface area (Å²) < 4.78 is 0. The molecule has 2 N–H and O–H groups in total. The maximum atomic E-state index is 10.8. The topological polar surface area (TPSA) is 57.5 Å². The Hall–Kier alpha value is -1.45. The minimum absolute atomic E-state index is 0.0241. The van der Waals surface area contributed by atoms with E-state index in [1.165, 1.54) is 6.07 Å². The van der Waals surface area contributed by atoms with Crippen LogP contribution < -0.4 is 0 Å². The zero-order chi connectivity index (χ0) is 10.3. The summed E-state index contributed by atoms with van der Waals surface area (Å²) in [6.07, 6.45) is 0.892. The number of carboxylic acid groups (broad SMARTS) is 1. The number of hydrogen-bond donors (Lipinski definition) is 2. The molecule has 14 heavy (non-hydrogen) atoms. The lowest BCUT2D eigenvalue weighted by atomic mass is 9.82. The molecule has 1 aliphatic rings. The molecule has 1 fully saturated rings. The Kier molecular flexibility index (Phi) is 1.81. The number of phenols is 1. The van der Waals surface area contributed by atoms with Crippen LogP contribution in [-0.2, 0) is 5.31 Å². The van der Waals surface area contributed by atoms with Crippen molar-refractivity contribution in [2.24, 2.45) is 0 Å². The van der Waals surface area contributed by atoms with Crippen molar-refractivity contribution < 1.29 is 15.0 Å². The molecule has 1 saturated heterocycles. The van der Waals surface area contributed by atoms with Gasteiger partial charge in [-0.15, -0.1) is 0 Å². The Balaban J connectivity index is 2.52. The van der Waals surface area contributed by atoms with Crippen LogP contribution in [0, 0.1) is 0 Å². The van der Waals surface area contributed by atoms with Crippen LogP contribution in [0.2, 0.25) is 6.32 Å². The molecule has 0 unspecified atom stereocenters. The van der Waals surface area contributed by atoms with E-state index in [9.17, 15) is 9.90 Å². The highest BCUT2D eigenvalue weighted by Crippen LogP contribution is 2.45. The van der Waals surface area contributed by atoms with E-state index in [0.717, 1.165) is 6.32 Å². The number of carbonyl (C=O) groups is 1. The molecule has 1 aliphatic heterocycles. The highest BCUT2D eigenvalue weighted by Gasteiger charge is 2.42. The molecular formula is C10H10BO3. The molecule has 1 atom stereocenters. The molecule has 2 rings (SSSR count). The third-order valence-electron chi connectivity index (χ3n) is 2.70. The van der Waals surface area contributed by atoms with Crippen molar-refractivity contribution in [3.63, 3.8) is 0 Å². The summed E-state index contributed by atoms with van der Waals surface area (Å²) in [5, 5.41) is 18.4. The van der Waals surface area contributed by atoms with Crippen LogP contribution in [0.1, 0.15) is 22.8 Å². The monoisotopic (exact) mass is 189 g/mol. The standard InChI is InChI=1S/C10H10BO3/c1-10(5-11-10)7-4-2-3-6(8(7)12)9(13)14/h2-4,12H,5H2,1H3,(H,13,14)/t10-/m1/s1. The largest absolute Gasteiger partial charge is 0.507 e. The van der Waals surface area contributed by atoms with Gasteiger partial charge in [-0.05, 0) is 16.9 Å². The van der Waals surface area contributed by atoms with Crippen LogP contribution in [0.4, 0.5) is 0 Å². The maximum absolute atomic E-state index is 10.8. The zero-order valence-corrected chi connectivity index (χ0v) is 7.82. The summed E-state index contributed by atoms with van der Waals surface area (Å²) in [5.41, 5.74) is 0.682. The fourth-order valence-corrected chi connectivity index (χ4v) is 1.55. The van der Waals surface area contributed by atoms with Gasteiger partial charge < -0.3 is 10.2 Å². The third-order valence-corrected chi connectivity index (χ3v) is 2.70. The Morgan fingerprint density at radius 1 is 1.57 bits per heavy atom. The average molecular weight is 189 g/mol. The van der Waals surface area contributed by atoms with E-state index in [1.54, 1.807) is 12.1 Å². The van der Waals surface area contributed by atoms with Gasteiger partial charge in [0.25, 0.3) is 0 Å². The summed E-state index contributed by atoms with van der Waals surface area (Å²) in [6, 6.07) is 4.84. The minimum atomic E-state index is -1.09. The number of rotatable bonds is 2. The van der Waals surface area contributed by atoms with Gasteiger partial charge >= 0.3 is 5.97 Å². The van der Waals surface area contributed by atoms with Gasteiger partial charge in [0, 0.05) is 0 Å². The first-order valence-electron chi connectivity index (χ1n) is 4.45. The molecule has 0 saturated carbocycles. The van der Waals surface area contributed by atoms with Crippen LogP contribution in [0.25, 0.3) is 0 Å². The summed E-state index contributed by atoms with van der Waals surface area (Å²) >= 11 is 0. The van der Waals surface area contributed by atoms with Crippen molar-refractivity contribution in [2.45, 2.75) is 18.6 Å². The third kappa shape index (κ3) is 1.27. The van der Waals surface area contributed by atoms with Gasteiger partial charge in [-0.2, -0.15) is 0 Å². The first kappa shape index (κ1) is 9.12. The molecule has 1 heterocycles. The first-order valence-corrected chi connectivity index (χ1v) is 4.45. The second-order valence-electron chi connectivity index (χ2n) is 3.83. The quantitative estimate of drug-likeness (QED) is 0.692. The van der Waals surface area contributed by atoms with E-state index in [4.69, 9.17) is 5.11 Å². The molecule has 0 spiro atoms. The van der Waals surface area contributed by atoms with Crippen LogP contribution in [0.15, 0.2) is 18.2 Å². The van der Waals surface area contributed by atoms with Crippen LogP contribution in [-0.4, -0.2) is 23.5 Å². The molecule has 1 aromatic carbocycles. The van der Waals surface area contributed by atoms with Crippen molar-refractivity contribution in [3.8, 4) is 5.75 Å². The van der Waals surface area contributed by atoms with Gasteiger partial charge in [0.05, 0.1) is 0 Å². The minimum Gasteiger partial charge on any atom is -0.507 e. The van der Waals surface area contributed by atoms with Gasteiger partial charge in [0.15, 0.2) is 0 Å². The van der Waals surface area contributed by atoms with Crippen molar-refractivity contribution in [1.82, 2.24) is 0 Å². The molecule has 1 radical (unpaired) electrons. The van der Waals surface area contributed by atoms with Gasteiger partial charge in [0.1, 0.15) is 18.6 Å². The Morgan fingerprint density at radius 3 is 2.71 bits per heavy atom. The normalized spacial score (nSPS) is 24.1. The second kappa shape index (κ2) is 2.77. The van der Waals surface area contributed by atoms with E-state index < -0.39 is 5.97 Å². The Bertz CT molecular complexity index is 396. The van der Waals surface area contributed by atoms with Crippen LogP contribution >= 0.6 is 0 Å². The first-order chi connectivity index (χ1) is 6.54. The number of carboxylic acids is 1. The van der Waals surface area contributed by atoms with Crippen molar-refractivity contribution in [1.29, 1.82) is 0 Å². The molecule has 4 heteroatoms. The van der Waals surface area contributed by atoms with Gasteiger partial charge in [-0.1, -0.05) is 25.4 Å². The lowest BCUT2D eigenvalue weighted by Crippen LogP contribution is -2.06. The fourth-order valence-electron chi connectivity index (χ4n) is 1.55. The predicted molar refractivity (Wildman–Crippen MR) is 53.0 cm³/mol. The maximum Gasteiger partial charge on any atom is 0.339 e. The van der Waals surface area contributed by atoms with Crippen molar-refractivity contribution in [2.75, 3.05) is 0 Å². The second-order valence-corrected chi connectivity index (χ2v) is 3.83. The van der Waals surface area contributed by atoms with Gasteiger partial charge in [-0.25, -0.2) is 4.79 Å². The number of hydrogen-bond acceptors (Lipinski definition) is 2. The molecular weight excluding hydrogens is 179 g/mol. The fraction of sp³-hybridized carbons (Fsp3) is 0.300. The summed E-state index contributed by atoms with van der Waals surface area (Å²) in [4.78, 5) is 10.8. The summed E-state index contributed by atoms with van der Waals surface area (Å²) in [6.45, 7) is 1.98. The molecule has 0 aromatic heterocycles. The molecule has 0 bridgehead atoms. The predicted octanol–water partition coefficient (Wildman–Crippen LogP) is 1.44. The van der Waals surface area contributed by atoms with Crippen LogP contribution in [0.3, 0.4) is 0 Å². The zero-order valence-electron chi connectivity index (χ0n) is 7.82. The van der Waals surface area contributed by atoms with E-state index >= 15 is 0 Å². The number of para-hydroxylation sites is 1. The van der Waals surface area contributed by atoms with Crippen molar-refractivity contribution in [3.05, 3.63) is 29.3 Å². The molecule has 0 amide bonds. The van der Waals surface area contributed by atoms with E-state index in [-0.39, 0.29) is 16.6 Å². The highest BCUT2D eigenvalue weighted by atomic mass is 16.4. The molecule has 3 nitrogen and oxygen atoms in total. The lowest BCUT2D eigenvalue weighted by molar-refractivity contribution is 0.0693. The van der Waals surface area contributed by atoms with Crippen LogP contribution in [0.5, 0.6) is 5.75 Å². The van der Waals surface area contributed by atoms with Gasteiger partial charge in [-0.3, -0.25) is 0 Å². The number of aromatic hydroxyl groups is 1. The SMILES string of the molecule is C[C@@]1(c2cccc(C(=O)O)c2O)[B]C1. The van der Waals surface area contributed by atoms with E-state index in [0.29, 0.717) is 5.56 Å². The Labute approximate surface area is 82.6 Å². The van der Waals surface area contributed by atoms with Gasteiger partial charge in [0.2, 0.25) is 0 Å². The van der Waals surface area contributed by atoms with Crippen molar-refractivity contribution >= 4 is 13.2 Å². The molecule has 0 aliphatic carbocycles.